The topological polar surface area (TPSA) is 43.8 Å². The molecule has 21 heavy (non-hydrogen) atoms. The number of hydrogen-bond acceptors (Lipinski definition) is 2. The van der Waals surface area contributed by atoms with Crippen LogP contribution in [0.3, 0.4) is 0 Å². The Hall–Kier alpha value is -1.61. The highest BCUT2D eigenvalue weighted by Crippen LogP contribution is 2.27. The van der Waals surface area contributed by atoms with Crippen LogP contribution in [-0.4, -0.2) is 15.8 Å². The van der Waals surface area contributed by atoms with Crippen LogP contribution >= 0.6 is 0 Å². The molecule has 0 fully saturated rings. The lowest BCUT2D eigenvalue weighted by atomic mass is 9.96. The predicted octanol–water partition coefficient (Wildman–Crippen LogP) is 3.70. The summed E-state index contributed by atoms with van der Waals surface area (Å²) in [7, 11) is 0. The quantitative estimate of drug-likeness (QED) is 0.910. The molecule has 0 spiro atoms. The fourth-order valence-electron chi connectivity index (χ4n) is 3.13. The summed E-state index contributed by atoms with van der Waals surface area (Å²) in [6.07, 6.45) is 1.94. The molecule has 2 unspecified atom stereocenters. The molecule has 1 aromatic heterocycles. The van der Waals surface area contributed by atoms with Crippen LogP contribution in [-0.2, 0) is 6.42 Å². The van der Waals surface area contributed by atoms with Crippen LogP contribution in [0.5, 0.6) is 0 Å². The second kappa shape index (κ2) is 6.44. The SMILES string of the molecule is CCc1c(C)nn(C(c2cccc(C)c2)C(N)CC)c1C. The fourth-order valence-corrected chi connectivity index (χ4v) is 3.13. The average Bonchev–Trinajstić information content (AvgIpc) is 2.73. The molecule has 2 aromatic rings. The van der Waals surface area contributed by atoms with Crippen molar-refractivity contribution >= 4 is 0 Å². The molecule has 1 aromatic carbocycles. The molecule has 0 aliphatic heterocycles. The molecule has 2 N–H and O–H groups in total. The van der Waals surface area contributed by atoms with Gasteiger partial charge in [-0.1, -0.05) is 43.7 Å². The van der Waals surface area contributed by atoms with Crippen LogP contribution in [0.25, 0.3) is 0 Å². The van der Waals surface area contributed by atoms with Gasteiger partial charge < -0.3 is 5.73 Å². The van der Waals surface area contributed by atoms with Gasteiger partial charge in [-0.15, -0.1) is 0 Å². The van der Waals surface area contributed by atoms with E-state index in [2.05, 4.69) is 63.6 Å². The lowest BCUT2D eigenvalue weighted by Gasteiger charge is -2.26. The molecule has 0 bridgehead atoms. The number of aryl methyl sites for hydroxylation is 2. The van der Waals surface area contributed by atoms with E-state index in [1.54, 1.807) is 0 Å². The third-order valence-corrected chi connectivity index (χ3v) is 4.35. The highest BCUT2D eigenvalue weighted by Gasteiger charge is 2.24. The standard InChI is InChI=1S/C18H27N3/c1-6-16-13(4)20-21(14(16)5)18(17(19)7-2)15-10-8-9-12(3)11-15/h8-11,17-18H,6-7,19H2,1-5H3. The number of rotatable bonds is 5. The van der Waals surface area contributed by atoms with Gasteiger partial charge in [0.15, 0.2) is 0 Å². The zero-order valence-corrected chi connectivity index (χ0v) is 13.9. The molecule has 2 atom stereocenters. The molecule has 0 amide bonds. The summed E-state index contributed by atoms with van der Waals surface area (Å²) in [5.74, 6) is 0. The number of nitrogens with two attached hydrogens (primary N) is 1. The summed E-state index contributed by atoms with van der Waals surface area (Å²) in [6, 6.07) is 8.78. The van der Waals surface area contributed by atoms with Gasteiger partial charge in [0.25, 0.3) is 0 Å². The summed E-state index contributed by atoms with van der Waals surface area (Å²) in [5.41, 5.74) is 12.7. The first-order valence-electron chi connectivity index (χ1n) is 7.86. The van der Waals surface area contributed by atoms with Gasteiger partial charge in [-0.3, -0.25) is 4.68 Å². The van der Waals surface area contributed by atoms with Crippen molar-refractivity contribution in [2.45, 2.75) is 59.5 Å². The van der Waals surface area contributed by atoms with Crippen molar-refractivity contribution in [2.75, 3.05) is 0 Å². The van der Waals surface area contributed by atoms with Gasteiger partial charge in [0.2, 0.25) is 0 Å². The maximum Gasteiger partial charge on any atom is 0.0922 e. The fraction of sp³-hybridized carbons (Fsp3) is 0.500. The van der Waals surface area contributed by atoms with Crippen LogP contribution in [0.4, 0.5) is 0 Å². The average molecular weight is 285 g/mol. The normalized spacial score (nSPS) is 14.2. The van der Waals surface area contributed by atoms with Gasteiger partial charge in [-0.2, -0.15) is 5.10 Å². The van der Waals surface area contributed by atoms with E-state index in [4.69, 9.17) is 10.8 Å². The molecule has 114 valence electrons. The molecule has 0 aliphatic carbocycles. The van der Waals surface area contributed by atoms with Crippen LogP contribution in [0.1, 0.15) is 54.4 Å². The van der Waals surface area contributed by atoms with Gasteiger partial charge >= 0.3 is 0 Å². The summed E-state index contributed by atoms with van der Waals surface area (Å²) < 4.78 is 2.14. The molecular weight excluding hydrogens is 258 g/mol. The van der Waals surface area contributed by atoms with Crippen LogP contribution < -0.4 is 5.73 Å². The maximum atomic E-state index is 6.44. The predicted molar refractivity (Wildman–Crippen MR) is 88.7 cm³/mol. The number of hydrogen-bond donors (Lipinski definition) is 1. The second-order valence-electron chi connectivity index (χ2n) is 5.88. The highest BCUT2D eigenvalue weighted by atomic mass is 15.3. The summed E-state index contributed by atoms with van der Waals surface area (Å²) in [6.45, 7) is 10.7. The Morgan fingerprint density at radius 3 is 2.43 bits per heavy atom. The van der Waals surface area contributed by atoms with Crippen molar-refractivity contribution in [3.05, 3.63) is 52.3 Å². The number of aromatic nitrogens is 2. The van der Waals surface area contributed by atoms with E-state index in [0.717, 1.165) is 18.5 Å². The lowest BCUT2D eigenvalue weighted by molar-refractivity contribution is 0.415. The minimum Gasteiger partial charge on any atom is -0.326 e. The van der Waals surface area contributed by atoms with Crippen molar-refractivity contribution < 1.29 is 0 Å². The Morgan fingerprint density at radius 2 is 1.90 bits per heavy atom. The molecule has 2 rings (SSSR count). The first-order chi connectivity index (χ1) is 9.99. The van der Waals surface area contributed by atoms with Crippen LogP contribution in [0, 0.1) is 20.8 Å². The molecule has 0 radical (unpaired) electrons. The van der Waals surface area contributed by atoms with Gasteiger partial charge in [0.05, 0.1) is 11.7 Å². The Labute approximate surface area is 128 Å². The zero-order valence-electron chi connectivity index (χ0n) is 13.9. The van der Waals surface area contributed by atoms with E-state index in [9.17, 15) is 0 Å². The molecule has 0 saturated heterocycles. The van der Waals surface area contributed by atoms with E-state index in [0.29, 0.717) is 0 Å². The van der Waals surface area contributed by atoms with Gasteiger partial charge in [0.1, 0.15) is 0 Å². The lowest BCUT2D eigenvalue weighted by Crippen LogP contribution is -2.33. The maximum absolute atomic E-state index is 6.44. The van der Waals surface area contributed by atoms with Crippen LogP contribution in [0.15, 0.2) is 24.3 Å². The van der Waals surface area contributed by atoms with E-state index in [1.165, 1.54) is 22.4 Å². The van der Waals surface area contributed by atoms with Gasteiger partial charge in [-0.25, -0.2) is 0 Å². The Morgan fingerprint density at radius 1 is 1.19 bits per heavy atom. The molecule has 3 nitrogen and oxygen atoms in total. The van der Waals surface area contributed by atoms with E-state index < -0.39 is 0 Å². The minimum absolute atomic E-state index is 0.0644. The van der Waals surface area contributed by atoms with Crippen molar-refractivity contribution in [1.29, 1.82) is 0 Å². The summed E-state index contributed by atoms with van der Waals surface area (Å²) in [5, 5.41) is 4.79. The summed E-state index contributed by atoms with van der Waals surface area (Å²) >= 11 is 0. The zero-order chi connectivity index (χ0) is 15.6. The monoisotopic (exact) mass is 285 g/mol. The van der Waals surface area contributed by atoms with Crippen LogP contribution in [0.2, 0.25) is 0 Å². The molecular formula is C18H27N3. The summed E-state index contributed by atoms with van der Waals surface area (Å²) in [4.78, 5) is 0. The van der Waals surface area contributed by atoms with Gasteiger partial charge in [-0.05, 0) is 44.7 Å². The van der Waals surface area contributed by atoms with Gasteiger partial charge in [0, 0.05) is 11.7 Å². The van der Waals surface area contributed by atoms with Crippen molar-refractivity contribution in [3.8, 4) is 0 Å². The largest absolute Gasteiger partial charge is 0.326 e. The van der Waals surface area contributed by atoms with E-state index >= 15 is 0 Å². The number of nitrogens with zero attached hydrogens (tertiary/aromatic N) is 2. The second-order valence-corrected chi connectivity index (χ2v) is 5.88. The Bertz CT molecular complexity index is 613. The Kier molecular flexibility index (Phi) is 4.84. The molecule has 3 heteroatoms. The molecule has 1 heterocycles. The smallest absolute Gasteiger partial charge is 0.0922 e. The van der Waals surface area contributed by atoms with Crippen molar-refractivity contribution in [2.24, 2.45) is 5.73 Å². The van der Waals surface area contributed by atoms with Crippen molar-refractivity contribution in [1.82, 2.24) is 9.78 Å². The molecule has 0 aliphatic rings. The first-order valence-corrected chi connectivity index (χ1v) is 7.86. The van der Waals surface area contributed by atoms with E-state index in [-0.39, 0.29) is 12.1 Å². The Balaban J connectivity index is 2.56. The highest BCUT2D eigenvalue weighted by molar-refractivity contribution is 5.31. The van der Waals surface area contributed by atoms with Crippen molar-refractivity contribution in [3.63, 3.8) is 0 Å². The third-order valence-electron chi connectivity index (χ3n) is 4.35. The molecule has 0 saturated carbocycles. The first kappa shape index (κ1) is 15.8. The minimum atomic E-state index is 0.0644. The third kappa shape index (κ3) is 3.03. The van der Waals surface area contributed by atoms with E-state index in [1.807, 2.05) is 0 Å². The number of benzene rings is 1.